The van der Waals surface area contributed by atoms with Gasteiger partial charge in [0.1, 0.15) is 0 Å². The van der Waals surface area contributed by atoms with Crippen LogP contribution in [0.25, 0.3) is 11.0 Å². The van der Waals surface area contributed by atoms with Crippen LogP contribution in [0, 0.1) is 5.41 Å². The summed E-state index contributed by atoms with van der Waals surface area (Å²) in [5.41, 5.74) is 3.74. The highest BCUT2D eigenvalue weighted by Gasteiger charge is 2.44. The van der Waals surface area contributed by atoms with Crippen LogP contribution in [-0.2, 0) is 28.9 Å². The van der Waals surface area contributed by atoms with E-state index in [1.165, 1.54) is 0 Å². The molecule has 3 aromatic rings. The fourth-order valence-electron chi connectivity index (χ4n) is 4.96. The average Bonchev–Trinajstić information content (AvgIpc) is 3.36. The smallest absolute Gasteiger partial charge is 0.284 e. The monoisotopic (exact) mass is 434 g/mol. The summed E-state index contributed by atoms with van der Waals surface area (Å²) in [5.74, 6) is -0.243. The van der Waals surface area contributed by atoms with E-state index >= 15 is 0 Å². The van der Waals surface area contributed by atoms with Crippen molar-refractivity contribution in [3.63, 3.8) is 0 Å². The standard InChI is InChI=1S/C24H26N4O4/c1-32-13-12-27-20-5-3-2-4-19(20)26-23(27)28(31)21(29)17-6-7-18-15-24(9-8-16(18)14-17)10-11-25-22(24)30/h2-7,14,31H,8-13,15H2,1H3,(H,25,30)/t24-/m0/s1. The van der Waals surface area contributed by atoms with Crippen molar-refractivity contribution >= 4 is 28.8 Å². The molecule has 8 nitrogen and oxygen atoms in total. The minimum Gasteiger partial charge on any atom is -0.383 e. The zero-order chi connectivity index (χ0) is 22.3. The van der Waals surface area contributed by atoms with Gasteiger partial charge in [0, 0.05) is 25.8 Å². The first kappa shape index (κ1) is 20.7. The molecular formula is C24H26N4O4. The van der Waals surface area contributed by atoms with Crippen molar-refractivity contribution in [2.24, 2.45) is 5.41 Å². The van der Waals surface area contributed by atoms with Crippen LogP contribution in [0.4, 0.5) is 5.95 Å². The maximum atomic E-state index is 13.2. The highest BCUT2D eigenvalue weighted by atomic mass is 16.5. The van der Waals surface area contributed by atoms with Gasteiger partial charge in [0.2, 0.25) is 11.9 Å². The summed E-state index contributed by atoms with van der Waals surface area (Å²) >= 11 is 0. The second kappa shape index (κ2) is 8.03. The Hall–Kier alpha value is -3.23. The lowest BCUT2D eigenvalue weighted by molar-refractivity contribution is -0.128. The Morgan fingerprint density at radius 2 is 2.09 bits per heavy atom. The summed E-state index contributed by atoms with van der Waals surface area (Å²) in [6.45, 7) is 1.60. The van der Waals surface area contributed by atoms with Gasteiger partial charge in [0.15, 0.2) is 0 Å². The van der Waals surface area contributed by atoms with Crippen LogP contribution < -0.4 is 10.4 Å². The lowest BCUT2D eigenvalue weighted by atomic mass is 9.70. The lowest BCUT2D eigenvalue weighted by Gasteiger charge is -2.32. The summed E-state index contributed by atoms with van der Waals surface area (Å²) < 4.78 is 6.97. The number of benzene rings is 2. The molecule has 1 fully saturated rings. The molecule has 0 saturated carbocycles. The molecule has 2 aliphatic rings. The summed E-state index contributed by atoms with van der Waals surface area (Å²) in [6.07, 6.45) is 3.06. The molecule has 0 radical (unpaired) electrons. The predicted octanol–water partition coefficient (Wildman–Crippen LogP) is 2.71. The number of hydrogen-bond acceptors (Lipinski definition) is 5. The molecule has 2 heterocycles. The molecule has 2 N–H and O–H groups in total. The molecule has 0 bridgehead atoms. The van der Waals surface area contributed by atoms with Crippen LogP contribution in [0.5, 0.6) is 0 Å². The van der Waals surface area contributed by atoms with E-state index in [9.17, 15) is 14.8 Å². The Balaban J connectivity index is 1.43. The summed E-state index contributed by atoms with van der Waals surface area (Å²) in [7, 11) is 1.60. The number of hydroxylamine groups is 1. The fraction of sp³-hybridized carbons (Fsp3) is 0.375. The van der Waals surface area contributed by atoms with Gasteiger partial charge in [-0.05, 0) is 61.1 Å². The second-order valence-corrected chi connectivity index (χ2v) is 8.61. The highest BCUT2D eigenvalue weighted by Crippen LogP contribution is 2.41. The van der Waals surface area contributed by atoms with E-state index in [4.69, 9.17) is 4.74 Å². The number of fused-ring (bicyclic) bond motifs is 2. The largest absolute Gasteiger partial charge is 0.383 e. The van der Waals surface area contributed by atoms with E-state index in [0.717, 1.165) is 42.5 Å². The number of anilines is 1. The van der Waals surface area contributed by atoms with E-state index in [1.807, 2.05) is 36.4 Å². The Morgan fingerprint density at radius 1 is 1.25 bits per heavy atom. The van der Waals surface area contributed by atoms with Gasteiger partial charge in [-0.3, -0.25) is 14.8 Å². The summed E-state index contributed by atoms with van der Waals surface area (Å²) in [5, 5.41) is 14.4. The highest BCUT2D eigenvalue weighted by molar-refractivity contribution is 6.04. The van der Waals surface area contributed by atoms with Crippen LogP contribution in [0.3, 0.4) is 0 Å². The van der Waals surface area contributed by atoms with E-state index < -0.39 is 5.91 Å². The Labute approximate surface area is 185 Å². The van der Waals surface area contributed by atoms with Gasteiger partial charge in [0.25, 0.3) is 5.91 Å². The normalized spacial score (nSPS) is 19.9. The van der Waals surface area contributed by atoms with Gasteiger partial charge in [0.05, 0.1) is 23.1 Å². The molecule has 0 unspecified atom stereocenters. The quantitative estimate of drug-likeness (QED) is 0.475. The third-order valence-corrected chi connectivity index (χ3v) is 6.76. The number of nitrogens with zero attached hydrogens (tertiary/aromatic N) is 3. The van der Waals surface area contributed by atoms with Crippen LogP contribution >= 0.6 is 0 Å². The Bertz CT molecular complexity index is 1200. The molecule has 1 aromatic heterocycles. The van der Waals surface area contributed by atoms with Gasteiger partial charge in [-0.1, -0.05) is 18.2 Å². The van der Waals surface area contributed by atoms with Gasteiger partial charge in [-0.2, -0.15) is 5.06 Å². The van der Waals surface area contributed by atoms with Crippen molar-refractivity contribution in [1.29, 1.82) is 0 Å². The van der Waals surface area contributed by atoms with Crippen molar-refractivity contribution in [3.05, 3.63) is 59.2 Å². The number of carbonyl (C=O) groups is 2. The molecular weight excluding hydrogens is 408 g/mol. The molecule has 1 saturated heterocycles. The molecule has 8 heteroatoms. The predicted molar refractivity (Wildman–Crippen MR) is 119 cm³/mol. The number of rotatable bonds is 5. The van der Waals surface area contributed by atoms with Gasteiger partial charge < -0.3 is 14.6 Å². The number of nitrogens with one attached hydrogen (secondary N) is 1. The first-order valence-corrected chi connectivity index (χ1v) is 10.9. The molecule has 1 spiro atoms. The topological polar surface area (TPSA) is 96.7 Å². The van der Waals surface area contributed by atoms with Crippen molar-refractivity contribution in [2.75, 3.05) is 25.3 Å². The second-order valence-electron chi connectivity index (χ2n) is 8.61. The maximum absolute atomic E-state index is 13.2. The van der Waals surface area contributed by atoms with Crippen LogP contribution in [-0.4, -0.2) is 46.8 Å². The van der Waals surface area contributed by atoms with E-state index in [1.54, 1.807) is 17.7 Å². The number of hydrogen-bond donors (Lipinski definition) is 2. The molecule has 1 atom stereocenters. The number of amides is 2. The number of para-hydroxylation sites is 2. The zero-order valence-corrected chi connectivity index (χ0v) is 18.0. The number of methoxy groups -OCH3 is 1. The molecule has 1 aliphatic carbocycles. The zero-order valence-electron chi connectivity index (χ0n) is 18.0. The minimum absolute atomic E-state index is 0.139. The molecule has 166 valence electrons. The van der Waals surface area contributed by atoms with Crippen LogP contribution in [0.1, 0.15) is 34.3 Å². The van der Waals surface area contributed by atoms with E-state index in [-0.39, 0.29) is 17.3 Å². The number of aryl methyl sites for hydroxylation is 1. The first-order chi connectivity index (χ1) is 15.5. The molecule has 32 heavy (non-hydrogen) atoms. The Morgan fingerprint density at radius 3 is 2.88 bits per heavy atom. The number of carbonyl (C=O) groups excluding carboxylic acids is 2. The van der Waals surface area contributed by atoms with Crippen molar-refractivity contribution in [2.45, 2.75) is 32.2 Å². The lowest BCUT2D eigenvalue weighted by Crippen LogP contribution is -2.36. The van der Waals surface area contributed by atoms with E-state index in [2.05, 4.69) is 10.3 Å². The van der Waals surface area contributed by atoms with Crippen LogP contribution in [0.15, 0.2) is 42.5 Å². The van der Waals surface area contributed by atoms with Crippen molar-refractivity contribution < 1.29 is 19.5 Å². The number of ether oxygens (including phenoxy) is 1. The summed E-state index contributed by atoms with van der Waals surface area (Å²) in [4.78, 5) is 30.0. The van der Waals surface area contributed by atoms with Gasteiger partial charge in [-0.25, -0.2) is 4.98 Å². The molecule has 2 aromatic carbocycles. The summed E-state index contributed by atoms with van der Waals surface area (Å²) in [6, 6.07) is 13.0. The Kier molecular flexibility index (Phi) is 5.19. The number of aromatic nitrogens is 2. The van der Waals surface area contributed by atoms with Crippen molar-refractivity contribution in [3.8, 4) is 0 Å². The van der Waals surface area contributed by atoms with E-state index in [0.29, 0.717) is 35.7 Å². The number of imidazole rings is 1. The molecule has 5 rings (SSSR count). The first-order valence-electron chi connectivity index (χ1n) is 10.9. The van der Waals surface area contributed by atoms with Crippen molar-refractivity contribution in [1.82, 2.24) is 14.9 Å². The average molecular weight is 434 g/mol. The van der Waals surface area contributed by atoms with Crippen LogP contribution in [0.2, 0.25) is 0 Å². The van der Waals surface area contributed by atoms with Gasteiger partial charge >= 0.3 is 0 Å². The SMILES string of the molecule is COCCn1c(N(O)C(=O)c2ccc3c(c2)CC[C@]2(CCNC2=O)C3)nc2ccccc21. The third-order valence-electron chi connectivity index (χ3n) is 6.76. The fourth-order valence-corrected chi connectivity index (χ4v) is 4.96. The molecule has 1 aliphatic heterocycles. The third kappa shape index (κ3) is 3.36. The maximum Gasteiger partial charge on any atom is 0.284 e. The molecule has 2 amide bonds. The van der Waals surface area contributed by atoms with Gasteiger partial charge in [-0.15, -0.1) is 0 Å². The minimum atomic E-state index is -0.541.